The van der Waals surface area contributed by atoms with Crippen LogP contribution in [-0.4, -0.2) is 77.5 Å². The number of likely N-dealkylation sites (tertiary alicyclic amines) is 1. The summed E-state index contributed by atoms with van der Waals surface area (Å²) in [5.74, 6) is 1.67. The van der Waals surface area contributed by atoms with Crippen molar-refractivity contribution in [1.82, 2.24) is 30.3 Å². The Morgan fingerprint density at radius 2 is 1.71 bits per heavy atom. The quantitative estimate of drug-likeness (QED) is 0.161. The maximum absolute atomic E-state index is 13.6. The number of nitrogens with zero attached hydrogens (tertiary/aromatic N) is 4. The van der Waals surface area contributed by atoms with E-state index in [-0.39, 0.29) is 18.0 Å². The normalized spacial score (nSPS) is 19.9. The number of pyridine rings is 1. The number of ether oxygens (including phenoxy) is 1. The fourth-order valence-electron chi connectivity index (χ4n) is 7.50. The van der Waals surface area contributed by atoms with E-state index in [1.165, 1.54) is 5.56 Å². The van der Waals surface area contributed by atoms with Gasteiger partial charge in [0.15, 0.2) is 0 Å². The zero-order chi connectivity index (χ0) is 34.2. The predicted octanol–water partition coefficient (Wildman–Crippen LogP) is 6.42. The van der Waals surface area contributed by atoms with Gasteiger partial charge in [0.25, 0.3) is 5.91 Å². The Morgan fingerprint density at radius 3 is 2.43 bits per heavy atom. The molecular formula is C39H49N7O3. The van der Waals surface area contributed by atoms with Crippen molar-refractivity contribution in [2.75, 3.05) is 45.2 Å². The molecule has 258 valence electrons. The summed E-state index contributed by atoms with van der Waals surface area (Å²) in [6.07, 6.45) is 6.67. The van der Waals surface area contributed by atoms with E-state index in [1.807, 2.05) is 49.4 Å². The highest BCUT2D eigenvalue weighted by Crippen LogP contribution is 2.44. The second kappa shape index (κ2) is 16.2. The van der Waals surface area contributed by atoms with E-state index in [0.29, 0.717) is 41.5 Å². The molecule has 3 heterocycles. The van der Waals surface area contributed by atoms with Crippen molar-refractivity contribution in [3.63, 3.8) is 0 Å². The molecule has 1 aliphatic heterocycles. The first-order chi connectivity index (χ1) is 23.9. The van der Waals surface area contributed by atoms with Crippen molar-refractivity contribution in [3.05, 3.63) is 95.8 Å². The van der Waals surface area contributed by atoms with Crippen LogP contribution in [-0.2, 0) is 4.74 Å². The van der Waals surface area contributed by atoms with Crippen molar-refractivity contribution < 1.29 is 14.3 Å². The molecule has 2 fully saturated rings. The standard InChI is InChI=1S/C39H49N7O3/c1-4-45-20-16-32(17-21-45)42-38(47)35-25-30(15-19-40-35)36-27(2)37(46(44-36)33-13-9-6-10-14-33)43-39(48)41-26-31-23-28(18-22-49-3)24-34(31)29-11-7-5-8-12-29/h5-15,19,25,28,31-32,34H,4,16-18,20-24,26H2,1-3H3,(H,42,47)(H2,41,43,48)/t28-,31+,34+/m1/s1. The lowest BCUT2D eigenvalue weighted by molar-refractivity contribution is 0.0907. The van der Waals surface area contributed by atoms with Crippen molar-refractivity contribution in [1.29, 1.82) is 0 Å². The van der Waals surface area contributed by atoms with Crippen LogP contribution in [0, 0.1) is 18.8 Å². The number of benzene rings is 2. The maximum Gasteiger partial charge on any atom is 0.320 e. The van der Waals surface area contributed by atoms with Crippen LogP contribution in [0.15, 0.2) is 79.0 Å². The van der Waals surface area contributed by atoms with Gasteiger partial charge in [0.2, 0.25) is 0 Å². The van der Waals surface area contributed by atoms with Gasteiger partial charge in [0, 0.05) is 56.7 Å². The average molecular weight is 664 g/mol. The molecule has 3 atom stereocenters. The number of para-hydroxylation sites is 1. The highest BCUT2D eigenvalue weighted by atomic mass is 16.5. The number of carbonyl (C=O) groups excluding carboxylic acids is 2. The molecule has 0 bridgehead atoms. The second-order valence-electron chi connectivity index (χ2n) is 13.4. The molecule has 10 nitrogen and oxygen atoms in total. The number of amides is 3. The molecule has 2 aromatic carbocycles. The van der Waals surface area contributed by atoms with Gasteiger partial charge in [-0.25, -0.2) is 9.48 Å². The number of rotatable bonds is 12. The Labute approximate surface area is 289 Å². The first-order valence-corrected chi connectivity index (χ1v) is 17.7. The number of methoxy groups -OCH3 is 1. The Kier molecular flexibility index (Phi) is 11.4. The van der Waals surface area contributed by atoms with E-state index >= 15 is 0 Å². The minimum Gasteiger partial charge on any atom is -0.385 e. The molecule has 1 aliphatic carbocycles. The largest absolute Gasteiger partial charge is 0.385 e. The van der Waals surface area contributed by atoms with Gasteiger partial charge in [-0.15, -0.1) is 0 Å². The van der Waals surface area contributed by atoms with E-state index < -0.39 is 0 Å². The van der Waals surface area contributed by atoms with E-state index in [4.69, 9.17) is 9.84 Å². The smallest absolute Gasteiger partial charge is 0.320 e. The van der Waals surface area contributed by atoms with Crippen LogP contribution in [0.1, 0.15) is 66.6 Å². The van der Waals surface area contributed by atoms with Crippen molar-refractivity contribution in [2.24, 2.45) is 11.8 Å². The summed E-state index contributed by atoms with van der Waals surface area (Å²) >= 11 is 0. The highest BCUT2D eigenvalue weighted by molar-refractivity contribution is 5.94. The molecule has 0 radical (unpaired) electrons. The lowest BCUT2D eigenvalue weighted by Crippen LogP contribution is -2.44. The minimum absolute atomic E-state index is 0.137. The van der Waals surface area contributed by atoms with Crippen LogP contribution in [0.2, 0.25) is 0 Å². The van der Waals surface area contributed by atoms with Gasteiger partial charge in [0.1, 0.15) is 11.5 Å². The van der Waals surface area contributed by atoms with Crippen LogP contribution in [0.4, 0.5) is 10.6 Å². The van der Waals surface area contributed by atoms with E-state index in [0.717, 1.165) is 75.2 Å². The topological polar surface area (TPSA) is 113 Å². The molecular weight excluding hydrogens is 614 g/mol. The number of nitrogens with one attached hydrogen (secondary N) is 3. The zero-order valence-electron chi connectivity index (χ0n) is 28.9. The summed E-state index contributed by atoms with van der Waals surface area (Å²) in [6, 6.07) is 23.9. The molecule has 2 aliphatic rings. The van der Waals surface area contributed by atoms with Crippen molar-refractivity contribution in [3.8, 4) is 16.9 Å². The van der Waals surface area contributed by atoms with Gasteiger partial charge in [-0.05, 0) is 93.2 Å². The first-order valence-electron chi connectivity index (χ1n) is 17.7. The summed E-state index contributed by atoms with van der Waals surface area (Å²) in [4.78, 5) is 33.6. The molecule has 2 aromatic heterocycles. The van der Waals surface area contributed by atoms with Gasteiger partial charge in [-0.1, -0.05) is 55.5 Å². The second-order valence-corrected chi connectivity index (χ2v) is 13.4. The predicted molar refractivity (Wildman–Crippen MR) is 193 cm³/mol. The van der Waals surface area contributed by atoms with Crippen LogP contribution >= 0.6 is 0 Å². The zero-order valence-corrected chi connectivity index (χ0v) is 28.9. The molecule has 1 saturated heterocycles. The number of hydrogen-bond acceptors (Lipinski definition) is 6. The van der Waals surface area contributed by atoms with E-state index in [2.05, 4.69) is 57.0 Å². The van der Waals surface area contributed by atoms with Crippen molar-refractivity contribution >= 4 is 17.8 Å². The Balaban J connectivity index is 1.19. The average Bonchev–Trinajstić information content (AvgIpc) is 3.71. The van der Waals surface area contributed by atoms with Gasteiger partial charge < -0.3 is 20.3 Å². The molecule has 49 heavy (non-hydrogen) atoms. The summed E-state index contributed by atoms with van der Waals surface area (Å²) in [6.45, 7) is 8.43. The molecule has 4 aromatic rings. The monoisotopic (exact) mass is 663 g/mol. The maximum atomic E-state index is 13.6. The minimum atomic E-state index is -0.275. The van der Waals surface area contributed by atoms with Gasteiger partial charge in [0.05, 0.1) is 11.4 Å². The number of aromatic nitrogens is 3. The van der Waals surface area contributed by atoms with Crippen molar-refractivity contribution in [2.45, 2.75) is 57.9 Å². The number of urea groups is 1. The lowest BCUT2D eigenvalue weighted by Gasteiger charge is -2.31. The summed E-state index contributed by atoms with van der Waals surface area (Å²) in [5.41, 5.74) is 4.72. The van der Waals surface area contributed by atoms with Gasteiger partial charge in [-0.3, -0.25) is 15.1 Å². The molecule has 0 spiro atoms. The molecule has 3 N–H and O–H groups in total. The fraction of sp³-hybridized carbons (Fsp3) is 0.436. The van der Waals surface area contributed by atoms with Crippen LogP contribution in [0.25, 0.3) is 16.9 Å². The SMILES string of the molecule is CCN1CCC(NC(=O)c2cc(-c3nn(-c4ccccc4)c(NC(=O)NC[C@@H]4C[C@@H](CCOC)C[C@H]4c4ccccc4)c3C)ccn2)CC1. The van der Waals surface area contributed by atoms with E-state index in [1.54, 1.807) is 24.1 Å². The Hall–Kier alpha value is -4.54. The fourth-order valence-corrected chi connectivity index (χ4v) is 7.50. The third-order valence-electron chi connectivity index (χ3n) is 10.3. The summed E-state index contributed by atoms with van der Waals surface area (Å²) in [7, 11) is 1.75. The van der Waals surface area contributed by atoms with Gasteiger partial charge in [-0.2, -0.15) is 5.10 Å². The van der Waals surface area contributed by atoms with Crippen LogP contribution < -0.4 is 16.0 Å². The number of hydrogen-bond donors (Lipinski definition) is 3. The molecule has 3 amide bonds. The first kappa shape index (κ1) is 34.3. The van der Waals surface area contributed by atoms with Crippen LogP contribution in [0.3, 0.4) is 0 Å². The highest BCUT2D eigenvalue weighted by Gasteiger charge is 2.35. The van der Waals surface area contributed by atoms with Crippen LogP contribution in [0.5, 0.6) is 0 Å². The summed E-state index contributed by atoms with van der Waals surface area (Å²) in [5, 5.41) is 14.5. The van der Waals surface area contributed by atoms with Gasteiger partial charge >= 0.3 is 6.03 Å². The Morgan fingerprint density at radius 1 is 0.980 bits per heavy atom. The Bertz CT molecular complexity index is 1690. The molecule has 0 unspecified atom stereocenters. The molecule has 1 saturated carbocycles. The third kappa shape index (κ3) is 8.37. The van der Waals surface area contributed by atoms with E-state index in [9.17, 15) is 9.59 Å². The third-order valence-corrected chi connectivity index (χ3v) is 10.3. The number of carbonyl (C=O) groups is 2. The summed E-state index contributed by atoms with van der Waals surface area (Å²) < 4.78 is 7.14. The molecule has 6 rings (SSSR count). The number of anilines is 1. The number of piperidine rings is 1. The lowest BCUT2D eigenvalue weighted by atomic mass is 9.89. The molecule has 10 heteroatoms.